The van der Waals surface area contributed by atoms with E-state index in [0.717, 1.165) is 11.5 Å². The van der Waals surface area contributed by atoms with E-state index in [4.69, 9.17) is 5.21 Å². The van der Waals surface area contributed by atoms with Gasteiger partial charge in [0.1, 0.15) is 0 Å². The maximum Gasteiger partial charge on any atom is 0.267 e. The van der Waals surface area contributed by atoms with Gasteiger partial charge in [0.05, 0.1) is 4.90 Å². The van der Waals surface area contributed by atoms with Crippen LogP contribution in [0.4, 0.5) is 5.69 Å². The van der Waals surface area contributed by atoms with Gasteiger partial charge < -0.3 is 0 Å². The molecule has 0 unspecified atom stereocenters. The van der Waals surface area contributed by atoms with Crippen molar-refractivity contribution in [1.82, 2.24) is 5.48 Å². The number of amides is 1. The van der Waals surface area contributed by atoms with Gasteiger partial charge in [0.2, 0.25) is 0 Å². The smallest absolute Gasteiger partial charge is 0.267 e. The molecule has 3 rings (SSSR count). The minimum atomic E-state index is -3.75. The second-order valence-electron chi connectivity index (χ2n) is 5.51. The second kappa shape index (κ2) is 7.38. The van der Waals surface area contributed by atoms with Gasteiger partial charge >= 0.3 is 0 Å². The van der Waals surface area contributed by atoms with Gasteiger partial charge in [0.25, 0.3) is 15.9 Å². The summed E-state index contributed by atoms with van der Waals surface area (Å²) in [5.74, 6) is -0.647. The Kier molecular flexibility index (Phi) is 5.01. The lowest BCUT2D eigenvalue weighted by atomic mass is 10.1. The Balaban J connectivity index is 1.85. The van der Waals surface area contributed by atoms with Crippen LogP contribution in [0.5, 0.6) is 0 Å². The number of carbonyl (C=O) groups excluding carboxylic acids is 1. The van der Waals surface area contributed by atoms with Gasteiger partial charge in [0.15, 0.2) is 0 Å². The highest BCUT2D eigenvalue weighted by Gasteiger charge is 2.17. The lowest BCUT2D eigenvalue weighted by Crippen LogP contribution is -2.14. The van der Waals surface area contributed by atoms with Gasteiger partial charge in [-0.15, -0.1) is 0 Å². The van der Waals surface area contributed by atoms with Crippen molar-refractivity contribution in [2.45, 2.75) is 4.90 Å². The number of nitrogens with one attached hydrogen (secondary N) is 2. The Bertz CT molecular complexity index is 1070. The molecule has 0 spiro atoms. The van der Waals surface area contributed by atoms with Crippen molar-refractivity contribution in [1.29, 1.82) is 0 Å². The van der Waals surface area contributed by atoms with Crippen LogP contribution in [0.3, 0.4) is 0 Å². The molecule has 0 heterocycles. The molecule has 1 amide bonds. The monoisotopic (exact) mass is 368 g/mol. The fourth-order valence-corrected chi connectivity index (χ4v) is 3.80. The zero-order valence-electron chi connectivity index (χ0n) is 13.6. The van der Waals surface area contributed by atoms with Gasteiger partial charge in [-0.3, -0.25) is 14.7 Å². The van der Waals surface area contributed by atoms with E-state index in [9.17, 15) is 13.2 Å². The topological polar surface area (TPSA) is 95.5 Å². The van der Waals surface area contributed by atoms with Crippen LogP contribution in [0.15, 0.2) is 77.7 Å². The molecule has 0 radical (unpaired) electrons. The zero-order valence-corrected chi connectivity index (χ0v) is 14.4. The summed E-state index contributed by atoms with van der Waals surface area (Å²) in [5, 5.41) is 9.94. The molecule has 0 atom stereocenters. The Morgan fingerprint density at radius 3 is 2.35 bits per heavy atom. The maximum atomic E-state index is 12.7. The number of carbonyl (C=O) groups is 1. The van der Waals surface area contributed by atoms with Gasteiger partial charge in [-0.05, 0) is 35.2 Å². The molecule has 7 heteroatoms. The molecule has 6 nitrogen and oxygen atoms in total. The summed E-state index contributed by atoms with van der Waals surface area (Å²) in [7, 11) is -3.75. The van der Waals surface area contributed by atoms with Gasteiger partial charge in [0, 0.05) is 17.1 Å². The van der Waals surface area contributed by atoms with E-state index in [2.05, 4.69) is 4.72 Å². The van der Waals surface area contributed by atoms with Crippen LogP contribution >= 0.6 is 0 Å². The van der Waals surface area contributed by atoms with Gasteiger partial charge in [-0.2, -0.15) is 0 Å². The molecule has 3 aromatic rings. The van der Waals surface area contributed by atoms with E-state index in [1.54, 1.807) is 48.5 Å². The first-order valence-corrected chi connectivity index (χ1v) is 9.21. The lowest BCUT2D eigenvalue weighted by Gasteiger charge is -2.10. The van der Waals surface area contributed by atoms with Crippen LogP contribution in [0, 0.1) is 0 Å². The molecule has 0 fully saturated rings. The molecule has 0 bridgehead atoms. The summed E-state index contributed by atoms with van der Waals surface area (Å²) in [6.45, 7) is 0. The number of fused-ring (bicyclic) bond motifs is 1. The normalized spacial score (nSPS) is 11.6. The fraction of sp³-hybridized carbons (Fsp3) is 0. The van der Waals surface area contributed by atoms with Crippen molar-refractivity contribution in [3.8, 4) is 0 Å². The average molecular weight is 368 g/mol. The van der Waals surface area contributed by atoms with Crippen LogP contribution in [0.2, 0.25) is 0 Å². The second-order valence-corrected chi connectivity index (χ2v) is 7.17. The van der Waals surface area contributed by atoms with Crippen LogP contribution in [0.25, 0.3) is 16.8 Å². The van der Waals surface area contributed by atoms with E-state index in [0.29, 0.717) is 16.6 Å². The Hall–Kier alpha value is -3.16. The van der Waals surface area contributed by atoms with Crippen LogP contribution in [-0.4, -0.2) is 19.5 Å². The Labute approximate surface area is 150 Å². The molecule has 0 aliphatic rings. The van der Waals surface area contributed by atoms with E-state index >= 15 is 0 Å². The van der Waals surface area contributed by atoms with Crippen molar-refractivity contribution in [3.05, 3.63) is 78.4 Å². The van der Waals surface area contributed by atoms with Crippen molar-refractivity contribution >= 4 is 38.5 Å². The summed E-state index contributed by atoms with van der Waals surface area (Å²) in [6, 6.07) is 18.9. The molecule has 0 saturated carbocycles. The molecular formula is C19H16N2O4S. The third-order valence-corrected chi connectivity index (χ3v) is 5.18. The summed E-state index contributed by atoms with van der Waals surface area (Å²) in [6.07, 6.45) is 2.66. The fourth-order valence-electron chi connectivity index (χ4n) is 2.51. The number of hydroxylamine groups is 1. The molecule has 26 heavy (non-hydrogen) atoms. The standard InChI is InChI=1S/C19H16N2O4S/c22-19(20-23)13-10-14-8-11-16(12-9-14)21-26(24,25)18-7-3-5-15-4-1-2-6-17(15)18/h1-13,21,23H,(H,20,22). The average Bonchev–Trinajstić information content (AvgIpc) is 2.66. The SMILES string of the molecule is O=C(C=Cc1ccc(NS(=O)(=O)c2cccc3ccccc23)cc1)NO. The number of hydrogen-bond donors (Lipinski definition) is 3. The highest BCUT2D eigenvalue weighted by Crippen LogP contribution is 2.25. The number of benzene rings is 3. The maximum absolute atomic E-state index is 12.7. The number of anilines is 1. The third-order valence-electron chi connectivity index (χ3n) is 3.74. The quantitative estimate of drug-likeness (QED) is 0.366. The number of rotatable bonds is 5. The number of sulfonamides is 1. The Morgan fingerprint density at radius 2 is 1.62 bits per heavy atom. The largest absolute Gasteiger partial charge is 0.288 e. The van der Waals surface area contributed by atoms with E-state index in [-0.39, 0.29) is 4.90 Å². The minimum Gasteiger partial charge on any atom is -0.288 e. The first-order chi connectivity index (χ1) is 12.5. The van der Waals surface area contributed by atoms with E-state index in [1.807, 2.05) is 18.2 Å². The summed E-state index contributed by atoms with van der Waals surface area (Å²) >= 11 is 0. The van der Waals surface area contributed by atoms with Gasteiger partial charge in [-0.25, -0.2) is 13.9 Å². The molecule has 0 saturated heterocycles. The first-order valence-electron chi connectivity index (χ1n) is 7.72. The molecular weight excluding hydrogens is 352 g/mol. The molecule has 0 aliphatic heterocycles. The van der Waals surface area contributed by atoms with Crippen molar-refractivity contribution in [2.75, 3.05) is 4.72 Å². The number of hydrogen-bond acceptors (Lipinski definition) is 4. The molecule has 3 aromatic carbocycles. The predicted octanol–water partition coefficient (Wildman–Crippen LogP) is 3.16. The highest BCUT2D eigenvalue weighted by atomic mass is 32.2. The molecule has 0 aromatic heterocycles. The minimum absolute atomic E-state index is 0.208. The summed E-state index contributed by atoms with van der Waals surface area (Å²) < 4.78 is 28.1. The van der Waals surface area contributed by atoms with Crippen molar-refractivity contribution < 1.29 is 18.4 Å². The van der Waals surface area contributed by atoms with Crippen LogP contribution in [0.1, 0.15) is 5.56 Å². The molecule has 0 aliphatic carbocycles. The first kappa shape index (κ1) is 17.7. The highest BCUT2D eigenvalue weighted by molar-refractivity contribution is 7.93. The summed E-state index contributed by atoms with van der Waals surface area (Å²) in [4.78, 5) is 11.2. The molecule has 3 N–H and O–H groups in total. The summed E-state index contributed by atoms with van der Waals surface area (Å²) in [5.41, 5.74) is 2.58. The molecule has 132 valence electrons. The zero-order chi connectivity index (χ0) is 18.6. The van der Waals surface area contributed by atoms with E-state index < -0.39 is 15.9 Å². The van der Waals surface area contributed by atoms with E-state index in [1.165, 1.54) is 11.6 Å². The predicted molar refractivity (Wildman–Crippen MR) is 100 cm³/mol. The van der Waals surface area contributed by atoms with Crippen LogP contribution in [-0.2, 0) is 14.8 Å². The van der Waals surface area contributed by atoms with Crippen LogP contribution < -0.4 is 10.2 Å². The van der Waals surface area contributed by atoms with Crippen molar-refractivity contribution in [3.63, 3.8) is 0 Å². The van der Waals surface area contributed by atoms with Gasteiger partial charge in [-0.1, -0.05) is 48.5 Å². The lowest BCUT2D eigenvalue weighted by molar-refractivity contribution is -0.124. The van der Waals surface area contributed by atoms with Crippen molar-refractivity contribution in [2.24, 2.45) is 0 Å². The Morgan fingerprint density at radius 1 is 0.923 bits per heavy atom. The third kappa shape index (κ3) is 3.90.